The molecule has 1 aliphatic rings. The molecule has 1 aliphatic carbocycles. The summed E-state index contributed by atoms with van der Waals surface area (Å²) in [5, 5.41) is 17.8. The summed E-state index contributed by atoms with van der Waals surface area (Å²) < 4.78 is 5.23. The third-order valence-electron chi connectivity index (χ3n) is 5.90. The number of anilines is 1. The first-order valence-electron chi connectivity index (χ1n) is 11.2. The molecule has 0 saturated carbocycles. The van der Waals surface area contributed by atoms with Gasteiger partial charge in [0, 0.05) is 29.4 Å². The van der Waals surface area contributed by atoms with Crippen LogP contribution in [0.4, 0.5) is 11.4 Å². The monoisotopic (exact) mass is 493 g/mol. The zero-order valence-electron chi connectivity index (χ0n) is 18.8. The summed E-state index contributed by atoms with van der Waals surface area (Å²) in [4.78, 5) is 36.0. The number of non-ortho nitro benzene ring substituents is 1. The van der Waals surface area contributed by atoms with Crippen LogP contribution < -0.4 is 10.6 Å². The summed E-state index contributed by atoms with van der Waals surface area (Å²) in [6, 6.07) is 18.9. The Morgan fingerprint density at radius 2 is 1.86 bits per heavy atom. The maximum atomic E-state index is 12.8. The summed E-state index contributed by atoms with van der Waals surface area (Å²) in [6.45, 7) is -0.205. The van der Waals surface area contributed by atoms with Crippen molar-refractivity contribution in [3.63, 3.8) is 0 Å². The summed E-state index contributed by atoms with van der Waals surface area (Å²) in [6.07, 6.45) is 2.72. The molecule has 0 fully saturated rings. The zero-order chi connectivity index (χ0) is 24.8. The Balaban J connectivity index is 1.43. The smallest absolute Gasteiger partial charge is 0.341 e. The van der Waals surface area contributed by atoms with Gasteiger partial charge in [-0.15, -0.1) is 0 Å². The van der Waals surface area contributed by atoms with Crippen molar-refractivity contribution >= 4 is 34.9 Å². The van der Waals surface area contributed by atoms with Crippen LogP contribution in [-0.2, 0) is 22.5 Å². The molecule has 3 aromatic carbocycles. The largest absolute Gasteiger partial charge is 0.452 e. The van der Waals surface area contributed by atoms with Crippen LogP contribution in [0.15, 0.2) is 66.7 Å². The molecule has 0 aliphatic heterocycles. The normalized spacial score (nSPS) is 14.5. The Bertz CT molecular complexity index is 1260. The molecular weight excluding hydrogens is 470 g/mol. The van der Waals surface area contributed by atoms with Gasteiger partial charge < -0.3 is 15.4 Å². The molecule has 0 aromatic heterocycles. The number of carbonyl (C=O) groups excluding carboxylic acids is 2. The van der Waals surface area contributed by atoms with Gasteiger partial charge in [-0.3, -0.25) is 14.9 Å². The van der Waals surface area contributed by atoms with Crippen molar-refractivity contribution in [2.45, 2.75) is 31.8 Å². The molecule has 0 heterocycles. The third kappa shape index (κ3) is 5.96. The van der Waals surface area contributed by atoms with E-state index >= 15 is 0 Å². The molecule has 8 nitrogen and oxygen atoms in total. The van der Waals surface area contributed by atoms with Crippen molar-refractivity contribution in [1.82, 2.24) is 5.32 Å². The van der Waals surface area contributed by atoms with Crippen molar-refractivity contribution in [2.75, 3.05) is 11.9 Å². The maximum absolute atomic E-state index is 12.8. The first kappa shape index (κ1) is 24.2. The summed E-state index contributed by atoms with van der Waals surface area (Å²) in [5.74, 6) is -1.27. The minimum Gasteiger partial charge on any atom is -0.452 e. The van der Waals surface area contributed by atoms with E-state index in [2.05, 4.69) is 10.6 Å². The van der Waals surface area contributed by atoms with Crippen LogP contribution in [0.3, 0.4) is 0 Å². The predicted octanol–water partition coefficient (Wildman–Crippen LogP) is 5.21. The molecule has 4 rings (SSSR count). The minimum absolute atomic E-state index is 0.0398. The molecule has 1 atom stereocenters. The van der Waals surface area contributed by atoms with Crippen molar-refractivity contribution in [1.29, 1.82) is 0 Å². The highest BCUT2D eigenvalue weighted by molar-refractivity contribution is 6.31. The number of nitrogens with zero attached hydrogens (tertiary/aromatic N) is 1. The van der Waals surface area contributed by atoms with Crippen LogP contribution in [0.1, 0.15) is 45.9 Å². The minimum atomic E-state index is -0.838. The van der Waals surface area contributed by atoms with Gasteiger partial charge in [0.2, 0.25) is 0 Å². The number of aryl methyl sites for hydroxylation is 1. The number of nitro groups is 1. The highest BCUT2D eigenvalue weighted by Gasteiger charge is 2.23. The molecular formula is C26H24ClN3O5. The Labute approximate surface area is 207 Å². The van der Waals surface area contributed by atoms with Crippen molar-refractivity contribution < 1.29 is 19.2 Å². The Kier molecular flexibility index (Phi) is 7.62. The van der Waals surface area contributed by atoms with Crippen LogP contribution in [0.2, 0.25) is 5.02 Å². The van der Waals surface area contributed by atoms with Gasteiger partial charge in [-0.25, -0.2) is 4.79 Å². The lowest BCUT2D eigenvalue weighted by Crippen LogP contribution is -2.34. The van der Waals surface area contributed by atoms with Gasteiger partial charge in [0.1, 0.15) is 0 Å². The molecule has 0 bridgehead atoms. The maximum Gasteiger partial charge on any atom is 0.341 e. The molecule has 9 heteroatoms. The summed E-state index contributed by atoms with van der Waals surface area (Å²) in [5.41, 5.74) is 3.10. The number of rotatable bonds is 8. The second-order valence-corrected chi connectivity index (χ2v) is 8.63. The summed E-state index contributed by atoms with van der Waals surface area (Å²) in [7, 11) is 0. The Morgan fingerprint density at radius 1 is 1.09 bits per heavy atom. The number of fused-ring (bicyclic) bond motifs is 1. The van der Waals surface area contributed by atoms with E-state index in [9.17, 15) is 19.7 Å². The average Bonchev–Trinajstić information content (AvgIpc) is 2.87. The second-order valence-electron chi connectivity index (χ2n) is 8.22. The van der Waals surface area contributed by atoms with Crippen LogP contribution >= 0.6 is 11.6 Å². The van der Waals surface area contributed by atoms with Crippen molar-refractivity contribution in [3.8, 4) is 0 Å². The highest BCUT2D eigenvalue weighted by Crippen LogP contribution is 2.29. The highest BCUT2D eigenvalue weighted by atomic mass is 35.5. The molecule has 2 N–H and O–H groups in total. The Morgan fingerprint density at radius 3 is 2.66 bits per heavy atom. The van der Waals surface area contributed by atoms with E-state index in [4.69, 9.17) is 16.3 Å². The van der Waals surface area contributed by atoms with E-state index in [1.54, 1.807) is 12.1 Å². The number of nitrogens with one attached hydrogen (secondary N) is 2. The van der Waals surface area contributed by atoms with E-state index in [1.807, 2.05) is 36.4 Å². The number of nitro benzene ring substituents is 1. The van der Waals surface area contributed by atoms with Crippen molar-refractivity contribution in [2.24, 2.45) is 0 Å². The topological polar surface area (TPSA) is 111 Å². The number of hydrogen-bond acceptors (Lipinski definition) is 6. The van der Waals surface area contributed by atoms with Crippen LogP contribution in [-0.4, -0.2) is 23.4 Å². The van der Waals surface area contributed by atoms with Gasteiger partial charge in [0.15, 0.2) is 6.61 Å². The lowest BCUT2D eigenvalue weighted by atomic mass is 9.88. The van der Waals surface area contributed by atoms with E-state index in [0.29, 0.717) is 17.3 Å². The number of hydrogen-bond donors (Lipinski definition) is 2. The van der Waals surface area contributed by atoms with Gasteiger partial charge >= 0.3 is 5.97 Å². The molecule has 0 saturated heterocycles. The number of benzene rings is 3. The van der Waals surface area contributed by atoms with Crippen LogP contribution in [0, 0.1) is 10.1 Å². The molecule has 1 unspecified atom stereocenters. The number of ether oxygens (including phenoxy) is 1. The molecule has 0 spiro atoms. The average molecular weight is 494 g/mol. The SMILES string of the molecule is O=C(COC(=O)c1cc([N+](=O)[O-])ccc1NCc1ccccc1Cl)NC1CCCc2ccccc21. The quantitative estimate of drug-likeness (QED) is 0.253. The number of halogens is 1. The van der Waals surface area contributed by atoms with Gasteiger partial charge in [0.05, 0.1) is 16.5 Å². The third-order valence-corrected chi connectivity index (χ3v) is 6.27. The molecule has 180 valence electrons. The Hall–Kier alpha value is -3.91. The fraction of sp³-hybridized carbons (Fsp3) is 0.231. The fourth-order valence-corrected chi connectivity index (χ4v) is 4.35. The van der Waals surface area contributed by atoms with E-state index < -0.39 is 23.4 Å². The first-order chi connectivity index (χ1) is 16.9. The van der Waals surface area contributed by atoms with E-state index in [0.717, 1.165) is 36.5 Å². The van der Waals surface area contributed by atoms with Gasteiger partial charge in [-0.05, 0) is 48.1 Å². The van der Waals surface area contributed by atoms with Gasteiger partial charge in [0.25, 0.3) is 11.6 Å². The zero-order valence-corrected chi connectivity index (χ0v) is 19.6. The number of amides is 1. The first-order valence-corrected chi connectivity index (χ1v) is 11.6. The van der Waals surface area contributed by atoms with E-state index in [1.165, 1.54) is 17.7 Å². The van der Waals surface area contributed by atoms with Crippen molar-refractivity contribution in [3.05, 3.63) is 104 Å². The molecule has 3 aromatic rings. The van der Waals surface area contributed by atoms with Gasteiger partial charge in [-0.2, -0.15) is 0 Å². The second kappa shape index (κ2) is 11.0. The van der Waals surface area contributed by atoms with Crippen LogP contribution in [0.25, 0.3) is 0 Å². The standard InChI is InChI=1S/C26H24ClN3O5/c27-22-10-4-2-7-18(22)15-28-23-13-12-19(30(33)34)14-21(23)26(32)35-16-25(31)29-24-11-5-8-17-6-1-3-9-20(17)24/h1-4,6-7,9-10,12-14,24,28H,5,8,11,15-16H2,(H,29,31). The van der Waals surface area contributed by atoms with Gasteiger partial charge in [-0.1, -0.05) is 54.1 Å². The van der Waals surface area contributed by atoms with E-state index in [-0.39, 0.29) is 17.3 Å². The lowest BCUT2D eigenvalue weighted by molar-refractivity contribution is -0.384. The molecule has 1 amide bonds. The molecule has 35 heavy (non-hydrogen) atoms. The summed E-state index contributed by atoms with van der Waals surface area (Å²) >= 11 is 6.19. The lowest BCUT2D eigenvalue weighted by Gasteiger charge is -2.26. The number of carbonyl (C=O) groups is 2. The molecule has 0 radical (unpaired) electrons. The fourth-order valence-electron chi connectivity index (χ4n) is 4.15. The number of esters is 1. The predicted molar refractivity (Wildman–Crippen MR) is 132 cm³/mol. The van der Waals surface area contributed by atoms with Crippen LogP contribution in [0.5, 0.6) is 0 Å².